The molecule has 0 bridgehead atoms. The Morgan fingerprint density at radius 3 is 2.20 bits per heavy atom. The zero-order valence-corrected chi connectivity index (χ0v) is 6.98. The van der Waals surface area contributed by atoms with Crippen LogP contribution in [-0.2, 0) is 0 Å². The van der Waals surface area contributed by atoms with Crippen LogP contribution in [0.2, 0.25) is 0 Å². The molecule has 58 valence electrons. The topological polar surface area (TPSA) is 23.9 Å². The first-order chi connectivity index (χ1) is 4.79. The molecule has 1 N–H and O–H groups in total. The fourth-order valence-electron chi connectivity index (χ4n) is 1.87. The van der Waals surface area contributed by atoms with Crippen LogP contribution in [0.25, 0.3) is 0 Å². The van der Waals surface area contributed by atoms with Gasteiger partial charge in [0.05, 0.1) is 0 Å². The lowest BCUT2D eigenvalue weighted by Gasteiger charge is -2.19. The van der Waals surface area contributed by atoms with E-state index in [1.807, 2.05) is 0 Å². The average Bonchev–Trinajstić information content (AvgIpc) is 2.72. The van der Waals surface area contributed by atoms with Crippen LogP contribution in [0.1, 0.15) is 39.5 Å². The first kappa shape index (κ1) is 7.77. The molecule has 0 heterocycles. The van der Waals surface area contributed by atoms with Gasteiger partial charge in [0, 0.05) is 0 Å². The maximum Gasteiger partial charge on any atom is -0.00111 e. The van der Waals surface area contributed by atoms with Crippen molar-refractivity contribution in [3.05, 3.63) is 0 Å². The van der Waals surface area contributed by atoms with E-state index in [-0.39, 0.29) is 0 Å². The summed E-state index contributed by atoms with van der Waals surface area (Å²) in [6, 6.07) is 0. The van der Waals surface area contributed by atoms with Crippen LogP contribution in [0.5, 0.6) is 0 Å². The van der Waals surface area contributed by atoms with Gasteiger partial charge >= 0.3 is 0 Å². The molecule has 1 rings (SSSR count). The van der Waals surface area contributed by atoms with E-state index in [2.05, 4.69) is 13.8 Å². The van der Waals surface area contributed by atoms with Crippen LogP contribution in [0.4, 0.5) is 0 Å². The molecule has 1 fully saturated rings. The highest BCUT2D eigenvalue weighted by Gasteiger charge is 2.45. The molecule has 0 saturated heterocycles. The van der Waals surface area contributed by atoms with Crippen molar-refractivity contribution in [3.8, 4) is 0 Å². The van der Waals surface area contributed by atoms with Gasteiger partial charge in [-0.3, -0.25) is 0 Å². The minimum atomic E-state index is 0.566. The molecule has 1 aliphatic rings. The third kappa shape index (κ3) is 1.09. The van der Waals surface area contributed by atoms with Gasteiger partial charge in [-0.1, -0.05) is 13.8 Å². The third-order valence-corrected chi connectivity index (χ3v) is 3.02. The summed E-state index contributed by atoms with van der Waals surface area (Å²) in [4.78, 5) is 0. The van der Waals surface area contributed by atoms with E-state index in [1.165, 1.54) is 19.3 Å². The second kappa shape index (κ2) is 2.73. The minimum Gasteiger partial charge on any atom is -0.313 e. The maximum absolute atomic E-state index is 7.23. The molecule has 0 aromatic heterocycles. The Bertz CT molecular complexity index is 125. The average molecular weight is 139 g/mol. The van der Waals surface area contributed by atoms with E-state index in [0.717, 1.165) is 6.42 Å². The molecule has 0 aromatic rings. The fourth-order valence-corrected chi connectivity index (χ4v) is 1.87. The summed E-state index contributed by atoms with van der Waals surface area (Å²) in [5.41, 5.74) is 0.566. The Morgan fingerprint density at radius 1 is 1.50 bits per heavy atom. The largest absolute Gasteiger partial charge is 0.313 e. The smallest absolute Gasteiger partial charge is 0.00111 e. The lowest BCUT2D eigenvalue weighted by molar-refractivity contribution is 0.375. The maximum atomic E-state index is 7.23. The van der Waals surface area contributed by atoms with E-state index >= 15 is 0 Å². The first-order valence-electron chi connectivity index (χ1n) is 4.29. The lowest BCUT2D eigenvalue weighted by Crippen LogP contribution is -2.15. The number of hydrogen-bond acceptors (Lipinski definition) is 1. The summed E-state index contributed by atoms with van der Waals surface area (Å²) in [5.74, 6) is 0.567. The highest BCUT2D eigenvalue weighted by molar-refractivity contribution is 5.59. The zero-order chi connectivity index (χ0) is 7.61. The van der Waals surface area contributed by atoms with Crippen LogP contribution < -0.4 is 0 Å². The summed E-state index contributed by atoms with van der Waals surface area (Å²) in [5, 5.41) is 7.23. The molecular weight excluding hydrogens is 122 g/mol. The molecule has 0 aliphatic heterocycles. The van der Waals surface area contributed by atoms with Crippen molar-refractivity contribution >= 4 is 6.21 Å². The molecule has 1 atom stereocenters. The summed E-state index contributed by atoms with van der Waals surface area (Å²) in [6.45, 7) is 4.44. The Morgan fingerprint density at radius 2 is 2.10 bits per heavy atom. The van der Waals surface area contributed by atoms with Crippen LogP contribution in [0.3, 0.4) is 0 Å². The normalized spacial score (nSPS) is 23.8. The van der Waals surface area contributed by atoms with Crippen molar-refractivity contribution in [2.45, 2.75) is 39.5 Å². The molecule has 1 aliphatic carbocycles. The van der Waals surface area contributed by atoms with E-state index < -0.39 is 0 Å². The summed E-state index contributed by atoms with van der Waals surface area (Å²) < 4.78 is 0. The van der Waals surface area contributed by atoms with Gasteiger partial charge in [-0.05, 0) is 43.2 Å². The number of nitrogens with one attached hydrogen (secondary N) is 1. The standard InChI is InChI=1S/C9H17N/c1-3-8(7-10)9(4-2)5-6-9/h7-8,10H,3-6H2,1-2H3. The molecule has 0 spiro atoms. The SMILES string of the molecule is CCC(C=N)C1(CC)CC1. The third-order valence-electron chi connectivity index (χ3n) is 3.02. The van der Waals surface area contributed by atoms with Gasteiger partial charge < -0.3 is 5.41 Å². The van der Waals surface area contributed by atoms with Gasteiger partial charge in [-0.15, -0.1) is 0 Å². The second-order valence-electron chi connectivity index (χ2n) is 3.40. The molecule has 0 radical (unpaired) electrons. The Balaban J connectivity index is 2.51. The number of hydrogen-bond donors (Lipinski definition) is 1. The highest BCUT2D eigenvalue weighted by Crippen LogP contribution is 2.54. The predicted molar refractivity (Wildman–Crippen MR) is 44.5 cm³/mol. The Hall–Kier alpha value is -0.330. The number of rotatable bonds is 4. The van der Waals surface area contributed by atoms with Crippen molar-refractivity contribution in [1.29, 1.82) is 5.41 Å². The van der Waals surface area contributed by atoms with E-state index in [9.17, 15) is 0 Å². The van der Waals surface area contributed by atoms with Gasteiger partial charge in [-0.25, -0.2) is 0 Å². The molecule has 0 amide bonds. The summed E-state index contributed by atoms with van der Waals surface area (Å²) in [6.07, 6.45) is 6.78. The molecule has 1 nitrogen and oxygen atoms in total. The van der Waals surface area contributed by atoms with Crippen LogP contribution >= 0.6 is 0 Å². The monoisotopic (exact) mass is 139 g/mol. The zero-order valence-electron chi connectivity index (χ0n) is 6.98. The molecule has 1 heteroatoms. The van der Waals surface area contributed by atoms with Gasteiger partial charge in [0.25, 0.3) is 0 Å². The van der Waals surface area contributed by atoms with E-state index in [0.29, 0.717) is 11.3 Å². The molecular formula is C9H17N. The van der Waals surface area contributed by atoms with E-state index in [1.54, 1.807) is 6.21 Å². The first-order valence-corrected chi connectivity index (χ1v) is 4.29. The van der Waals surface area contributed by atoms with Crippen LogP contribution in [0, 0.1) is 16.7 Å². The molecule has 0 aromatic carbocycles. The van der Waals surface area contributed by atoms with Crippen molar-refractivity contribution < 1.29 is 0 Å². The van der Waals surface area contributed by atoms with Crippen LogP contribution in [0.15, 0.2) is 0 Å². The Kier molecular flexibility index (Phi) is 2.12. The highest BCUT2D eigenvalue weighted by atomic mass is 14.5. The lowest BCUT2D eigenvalue weighted by atomic mass is 9.86. The summed E-state index contributed by atoms with van der Waals surface area (Å²) in [7, 11) is 0. The quantitative estimate of drug-likeness (QED) is 0.579. The molecule has 1 saturated carbocycles. The fraction of sp³-hybridized carbons (Fsp3) is 0.889. The van der Waals surface area contributed by atoms with Crippen molar-refractivity contribution in [2.75, 3.05) is 0 Å². The van der Waals surface area contributed by atoms with Crippen LogP contribution in [-0.4, -0.2) is 6.21 Å². The molecule has 1 unspecified atom stereocenters. The van der Waals surface area contributed by atoms with Crippen molar-refractivity contribution in [2.24, 2.45) is 11.3 Å². The predicted octanol–water partition coefficient (Wildman–Crippen LogP) is 2.85. The van der Waals surface area contributed by atoms with Gasteiger partial charge in [0.1, 0.15) is 0 Å². The van der Waals surface area contributed by atoms with Gasteiger partial charge in [0.15, 0.2) is 0 Å². The van der Waals surface area contributed by atoms with Gasteiger partial charge in [0.2, 0.25) is 0 Å². The van der Waals surface area contributed by atoms with Gasteiger partial charge in [-0.2, -0.15) is 0 Å². The van der Waals surface area contributed by atoms with Crippen molar-refractivity contribution in [3.63, 3.8) is 0 Å². The van der Waals surface area contributed by atoms with E-state index in [4.69, 9.17) is 5.41 Å². The summed E-state index contributed by atoms with van der Waals surface area (Å²) >= 11 is 0. The minimum absolute atomic E-state index is 0.566. The Labute approximate surface area is 63.3 Å². The second-order valence-corrected chi connectivity index (χ2v) is 3.40. The molecule has 10 heavy (non-hydrogen) atoms. The van der Waals surface area contributed by atoms with Crippen molar-refractivity contribution in [1.82, 2.24) is 0 Å².